The minimum absolute atomic E-state index is 0.219. The number of aryl methyl sites for hydroxylation is 1. The van der Waals surface area contributed by atoms with E-state index < -0.39 is 0 Å². The highest BCUT2D eigenvalue weighted by Gasteiger charge is 2.21. The van der Waals surface area contributed by atoms with Crippen molar-refractivity contribution in [3.8, 4) is 5.75 Å². The molecule has 0 radical (unpaired) electrons. The molecule has 0 amide bonds. The molecule has 1 aliphatic carbocycles. The smallest absolute Gasteiger partial charge is 0.124 e. The Morgan fingerprint density at radius 2 is 2.21 bits per heavy atom. The summed E-state index contributed by atoms with van der Waals surface area (Å²) in [5.74, 6) is 1.02. The molecule has 3 nitrogen and oxygen atoms in total. The maximum absolute atomic E-state index is 6.13. The van der Waals surface area contributed by atoms with Crippen LogP contribution in [0.15, 0.2) is 18.2 Å². The van der Waals surface area contributed by atoms with Crippen LogP contribution in [0.5, 0.6) is 5.75 Å². The summed E-state index contributed by atoms with van der Waals surface area (Å²) >= 11 is 0. The standard InChI is InChI=1S/C16H23NO2/c1-12-4-7-16(19-15-3-2-8-18-11-15)13(9-12)10-17-14-5-6-14/h4,7,9,14-15,17H,2-3,5-6,8,10-11H2,1H3. The van der Waals surface area contributed by atoms with Crippen molar-refractivity contribution in [3.63, 3.8) is 0 Å². The summed E-state index contributed by atoms with van der Waals surface area (Å²) in [5.41, 5.74) is 2.57. The highest BCUT2D eigenvalue weighted by atomic mass is 16.5. The molecule has 0 bridgehead atoms. The predicted octanol–water partition coefficient (Wildman–Crippen LogP) is 2.80. The zero-order chi connectivity index (χ0) is 13.1. The lowest BCUT2D eigenvalue weighted by Gasteiger charge is -2.24. The van der Waals surface area contributed by atoms with Gasteiger partial charge >= 0.3 is 0 Å². The van der Waals surface area contributed by atoms with E-state index in [-0.39, 0.29) is 6.10 Å². The lowest BCUT2D eigenvalue weighted by Crippen LogP contribution is -2.28. The fourth-order valence-electron chi connectivity index (χ4n) is 2.49. The molecular weight excluding hydrogens is 238 g/mol. The third-order valence-corrected chi connectivity index (χ3v) is 3.79. The van der Waals surface area contributed by atoms with E-state index in [1.807, 2.05) is 0 Å². The van der Waals surface area contributed by atoms with Gasteiger partial charge in [-0.25, -0.2) is 0 Å². The Kier molecular flexibility index (Phi) is 4.04. The molecule has 1 saturated carbocycles. The van der Waals surface area contributed by atoms with Crippen LogP contribution in [0, 0.1) is 6.92 Å². The predicted molar refractivity (Wildman–Crippen MR) is 75.5 cm³/mol. The van der Waals surface area contributed by atoms with Crippen LogP contribution in [0.1, 0.15) is 36.8 Å². The molecule has 104 valence electrons. The highest BCUT2D eigenvalue weighted by molar-refractivity contribution is 5.37. The van der Waals surface area contributed by atoms with Crippen molar-refractivity contribution in [3.05, 3.63) is 29.3 Å². The first-order valence-corrected chi connectivity index (χ1v) is 7.38. The van der Waals surface area contributed by atoms with Crippen molar-refractivity contribution in [1.29, 1.82) is 0 Å². The number of benzene rings is 1. The second kappa shape index (κ2) is 5.93. The Morgan fingerprint density at radius 1 is 1.32 bits per heavy atom. The summed E-state index contributed by atoms with van der Waals surface area (Å²) < 4.78 is 11.6. The van der Waals surface area contributed by atoms with Crippen molar-refractivity contribution >= 4 is 0 Å². The first-order valence-electron chi connectivity index (χ1n) is 7.38. The molecule has 0 spiro atoms. The van der Waals surface area contributed by atoms with E-state index in [2.05, 4.69) is 30.4 Å². The van der Waals surface area contributed by atoms with Crippen LogP contribution in [-0.2, 0) is 11.3 Å². The lowest BCUT2D eigenvalue weighted by atomic mass is 10.1. The molecule has 19 heavy (non-hydrogen) atoms. The third-order valence-electron chi connectivity index (χ3n) is 3.79. The second-order valence-corrected chi connectivity index (χ2v) is 5.72. The molecule has 1 saturated heterocycles. The van der Waals surface area contributed by atoms with Crippen LogP contribution in [0.2, 0.25) is 0 Å². The van der Waals surface area contributed by atoms with Crippen molar-refractivity contribution in [2.45, 2.75) is 51.3 Å². The first kappa shape index (κ1) is 12.9. The Balaban J connectivity index is 1.66. The number of ether oxygens (including phenoxy) is 2. The monoisotopic (exact) mass is 261 g/mol. The Hall–Kier alpha value is -1.06. The van der Waals surface area contributed by atoms with E-state index in [0.29, 0.717) is 0 Å². The first-order chi connectivity index (χ1) is 9.31. The van der Waals surface area contributed by atoms with Gasteiger partial charge in [0.15, 0.2) is 0 Å². The maximum Gasteiger partial charge on any atom is 0.124 e. The SMILES string of the molecule is Cc1ccc(OC2CCCOC2)c(CNC2CC2)c1. The van der Waals surface area contributed by atoms with E-state index >= 15 is 0 Å². The summed E-state index contributed by atoms with van der Waals surface area (Å²) in [6, 6.07) is 7.19. The van der Waals surface area contributed by atoms with E-state index in [0.717, 1.165) is 44.4 Å². The second-order valence-electron chi connectivity index (χ2n) is 5.72. The number of rotatable bonds is 5. The quantitative estimate of drug-likeness (QED) is 0.884. The van der Waals surface area contributed by atoms with Crippen molar-refractivity contribution < 1.29 is 9.47 Å². The number of hydrogen-bond donors (Lipinski definition) is 1. The zero-order valence-corrected chi connectivity index (χ0v) is 11.7. The number of nitrogens with one attached hydrogen (secondary N) is 1. The van der Waals surface area contributed by atoms with Gasteiger partial charge in [0.2, 0.25) is 0 Å². The number of hydrogen-bond acceptors (Lipinski definition) is 3. The Labute approximate surface area is 115 Å². The fraction of sp³-hybridized carbons (Fsp3) is 0.625. The molecule has 1 aromatic carbocycles. The van der Waals surface area contributed by atoms with Crippen molar-refractivity contribution in [2.75, 3.05) is 13.2 Å². The molecule has 1 heterocycles. The topological polar surface area (TPSA) is 30.5 Å². The average molecular weight is 261 g/mol. The fourth-order valence-corrected chi connectivity index (χ4v) is 2.49. The summed E-state index contributed by atoms with van der Waals surface area (Å²) in [6.07, 6.45) is 5.06. The minimum Gasteiger partial charge on any atom is -0.488 e. The minimum atomic E-state index is 0.219. The molecular formula is C16H23NO2. The van der Waals surface area contributed by atoms with Crippen LogP contribution in [0.4, 0.5) is 0 Å². The van der Waals surface area contributed by atoms with Gasteiger partial charge < -0.3 is 14.8 Å². The summed E-state index contributed by atoms with van der Waals surface area (Å²) in [5, 5.41) is 3.57. The van der Waals surface area contributed by atoms with Gasteiger partial charge in [0.1, 0.15) is 11.9 Å². The van der Waals surface area contributed by atoms with Gasteiger partial charge in [0.25, 0.3) is 0 Å². The molecule has 3 heteroatoms. The van der Waals surface area contributed by atoms with Crippen molar-refractivity contribution in [1.82, 2.24) is 5.32 Å². The Bertz CT molecular complexity index is 423. The lowest BCUT2D eigenvalue weighted by molar-refractivity contribution is 0.00700. The van der Waals surface area contributed by atoms with Gasteiger partial charge in [-0.3, -0.25) is 0 Å². The maximum atomic E-state index is 6.13. The molecule has 1 aliphatic heterocycles. The van der Waals surface area contributed by atoms with Crippen LogP contribution < -0.4 is 10.1 Å². The van der Waals surface area contributed by atoms with Crippen LogP contribution in [-0.4, -0.2) is 25.4 Å². The molecule has 2 aliphatic rings. The Morgan fingerprint density at radius 3 is 2.95 bits per heavy atom. The molecule has 1 N–H and O–H groups in total. The molecule has 0 aromatic heterocycles. The molecule has 1 unspecified atom stereocenters. The van der Waals surface area contributed by atoms with Crippen molar-refractivity contribution in [2.24, 2.45) is 0 Å². The van der Waals surface area contributed by atoms with Gasteiger partial charge in [0, 0.05) is 24.8 Å². The zero-order valence-electron chi connectivity index (χ0n) is 11.7. The van der Waals surface area contributed by atoms with Gasteiger partial charge in [-0.1, -0.05) is 17.7 Å². The normalized spacial score (nSPS) is 23.3. The summed E-state index contributed by atoms with van der Waals surface area (Å²) in [4.78, 5) is 0. The van der Waals surface area contributed by atoms with Gasteiger partial charge in [-0.05, 0) is 38.7 Å². The largest absolute Gasteiger partial charge is 0.488 e. The molecule has 2 fully saturated rings. The molecule has 3 rings (SSSR count). The van der Waals surface area contributed by atoms with E-state index in [1.54, 1.807) is 0 Å². The molecule has 1 aromatic rings. The summed E-state index contributed by atoms with van der Waals surface area (Å²) in [6.45, 7) is 4.65. The van der Waals surface area contributed by atoms with Crippen LogP contribution >= 0.6 is 0 Å². The van der Waals surface area contributed by atoms with Crippen LogP contribution in [0.3, 0.4) is 0 Å². The van der Waals surface area contributed by atoms with Gasteiger partial charge in [-0.2, -0.15) is 0 Å². The van der Waals surface area contributed by atoms with E-state index in [9.17, 15) is 0 Å². The van der Waals surface area contributed by atoms with Gasteiger partial charge in [0.05, 0.1) is 6.61 Å². The summed E-state index contributed by atoms with van der Waals surface area (Å²) in [7, 11) is 0. The van der Waals surface area contributed by atoms with Crippen LogP contribution in [0.25, 0.3) is 0 Å². The highest BCUT2D eigenvalue weighted by Crippen LogP contribution is 2.25. The third kappa shape index (κ3) is 3.71. The van der Waals surface area contributed by atoms with Gasteiger partial charge in [-0.15, -0.1) is 0 Å². The van der Waals surface area contributed by atoms with E-state index in [4.69, 9.17) is 9.47 Å². The van der Waals surface area contributed by atoms with E-state index in [1.165, 1.54) is 24.0 Å². The molecule has 1 atom stereocenters. The average Bonchev–Trinajstić information content (AvgIpc) is 3.24.